The molecule has 0 spiro atoms. The van der Waals surface area contributed by atoms with Crippen molar-refractivity contribution in [2.45, 2.75) is 137 Å². The first-order valence-electron chi connectivity index (χ1n) is 19.4. The molecule has 3 N–H and O–H groups in total. The van der Waals surface area contributed by atoms with Crippen LogP contribution in [0.5, 0.6) is 0 Å². The van der Waals surface area contributed by atoms with Gasteiger partial charge in [0.05, 0.1) is 48.8 Å². The van der Waals surface area contributed by atoms with Gasteiger partial charge in [-0.3, -0.25) is 24.1 Å². The summed E-state index contributed by atoms with van der Waals surface area (Å²) in [6.45, 7) is 17.7. The molecule has 10 atom stereocenters. The summed E-state index contributed by atoms with van der Waals surface area (Å²) in [6, 6.07) is 5.90. The molecule has 12 nitrogen and oxygen atoms in total. The largest absolute Gasteiger partial charge is 0.391 e. The summed E-state index contributed by atoms with van der Waals surface area (Å²) in [6.07, 6.45) is -0.503. The monoisotopic (exact) mass is 746 g/mol. The number of hydrogen-bond donors (Lipinski definition) is 3. The van der Waals surface area contributed by atoms with Crippen molar-refractivity contribution in [3.8, 4) is 0 Å². The number of carbonyl (C=O) groups excluding carboxylic acids is 4. The molecule has 1 aromatic carbocycles. The Morgan fingerprint density at radius 2 is 1.51 bits per heavy atom. The summed E-state index contributed by atoms with van der Waals surface area (Å²) < 4.78 is 11.9. The molecule has 4 amide bonds. The maximum Gasteiger partial charge on any atom is 0.245 e. The SMILES string of the molecule is CC[C@H](C)[C@@H]([C@@H](CC(=O)N1C[C@@H](O)C[C@H]1[C@H](OC)[C@@H](C)C(=O)N[C@H](C)Cc1ccc(C)cc1)OC)N(C)C(=O)[C@@H](NC(=O)[C@H](C(C)C)N(C)C)C(C)C. The number of likely N-dealkylation sites (tertiary alicyclic amines) is 1. The van der Waals surface area contributed by atoms with Gasteiger partial charge in [-0.2, -0.15) is 0 Å². The Balaban J connectivity index is 2.27. The maximum atomic E-state index is 14.2. The molecule has 1 aromatic rings. The van der Waals surface area contributed by atoms with Gasteiger partial charge >= 0.3 is 0 Å². The Kier molecular flexibility index (Phi) is 18.4. The van der Waals surface area contributed by atoms with Gasteiger partial charge in [0.15, 0.2) is 0 Å². The molecule has 53 heavy (non-hydrogen) atoms. The van der Waals surface area contributed by atoms with Gasteiger partial charge in [0.1, 0.15) is 6.04 Å². The highest BCUT2D eigenvalue weighted by Crippen LogP contribution is 2.30. The lowest BCUT2D eigenvalue weighted by Gasteiger charge is -2.41. The van der Waals surface area contributed by atoms with Crippen LogP contribution >= 0.6 is 0 Å². The molecule has 2 rings (SSSR count). The highest BCUT2D eigenvalue weighted by molar-refractivity contribution is 5.90. The average molecular weight is 746 g/mol. The van der Waals surface area contributed by atoms with Crippen molar-refractivity contribution < 1.29 is 33.8 Å². The molecular formula is C41H71N5O7. The second-order valence-corrected chi connectivity index (χ2v) is 16.3. The second kappa shape index (κ2) is 21.1. The first kappa shape index (κ1) is 46.1. The van der Waals surface area contributed by atoms with Crippen molar-refractivity contribution in [2.24, 2.45) is 23.7 Å². The van der Waals surface area contributed by atoms with Gasteiger partial charge in [0.2, 0.25) is 23.6 Å². The number of likely N-dealkylation sites (N-methyl/N-ethyl adjacent to an activating group) is 2. The molecule has 0 saturated carbocycles. The van der Waals surface area contributed by atoms with E-state index in [0.29, 0.717) is 6.42 Å². The molecule has 0 bridgehead atoms. The van der Waals surface area contributed by atoms with Gasteiger partial charge in [0.25, 0.3) is 0 Å². The van der Waals surface area contributed by atoms with Crippen molar-refractivity contribution in [1.82, 2.24) is 25.3 Å². The summed E-state index contributed by atoms with van der Waals surface area (Å²) in [7, 11) is 8.48. The van der Waals surface area contributed by atoms with E-state index < -0.39 is 48.4 Å². The fourth-order valence-corrected chi connectivity index (χ4v) is 7.91. The number of β-amino-alcohol motifs (C(OH)–C–C–N with tert-alkyl or cyclic N) is 1. The zero-order chi connectivity index (χ0) is 40.3. The van der Waals surface area contributed by atoms with E-state index >= 15 is 0 Å². The summed E-state index contributed by atoms with van der Waals surface area (Å²) in [4.78, 5) is 60.5. The molecule has 1 saturated heterocycles. The lowest BCUT2D eigenvalue weighted by molar-refractivity contribution is -0.148. The van der Waals surface area contributed by atoms with Crippen LogP contribution in [-0.2, 0) is 35.1 Å². The van der Waals surface area contributed by atoms with E-state index in [1.807, 2.05) is 74.4 Å². The first-order valence-corrected chi connectivity index (χ1v) is 19.4. The van der Waals surface area contributed by atoms with Gasteiger partial charge in [-0.25, -0.2) is 0 Å². The van der Waals surface area contributed by atoms with Crippen LogP contribution in [0.3, 0.4) is 0 Å². The van der Waals surface area contributed by atoms with E-state index in [4.69, 9.17) is 9.47 Å². The summed E-state index contributed by atoms with van der Waals surface area (Å²) in [5.74, 6) is -1.70. The standard InChI is InChI=1S/C41H71N5O7/c1-15-27(7)37(45(12)41(51)35(24(2)3)43-40(50)36(25(4)5)44(10)11)33(52-13)22-34(48)46-23-31(47)21-32(46)38(53-14)29(9)39(49)42-28(8)20-30-18-16-26(6)17-19-30/h16-19,24-25,27-29,31-33,35-38,47H,15,20-23H2,1-14H3,(H,42,49)(H,43,50)/t27-,28+,29+,31-,32-,33+,35-,36-,37-,38+/m0/s1. The average Bonchev–Trinajstić information content (AvgIpc) is 3.47. The number of amides is 4. The molecule has 12 heteroatoms. The first-order chi connectivity index (χ1) is 24.8. The number of nitrogens with one attached hydrogen (secondary N) is 2. The Morgan fingerprint density at radius 3 is 2.00 bits per heavy atom. The zero-order valence-corrected chi connectivity index (χ0v) is 35.0. The minimum absolute atomic E-state index is 0.0398. The van der Waals surface area contributed by atoms with Crippen LogP contribution in [0.4, 0.5) is 0 Å². The number of ether oxygens (including phenoxy) is 2. The van der Waals surface area contributed by atoms with Gasteiger partial charge in [0, 0.05) is 33.9 Å². The van der Waals surface area contributed by atoms with Crippen molar-refractivity contribution >= 4 is 23.6 Å². The highest BCUT2D eigenvalue weighted by Gasteiger charge is 2.45. The number of nitrogens with zero attached hydrogens (tertiary/aromatic N) is 3. The van der Waals surface area contributed by atoms with E-state index in [1.165, 1.54) is 19.8 Å². The summed E-state index contributed by atoms with van der Waals surface area (Å²) in [5.41, 5.74) is 2.30. The lowest BCUT2D eigenvalue weighted by atomic mass is 9.89. The summed E-state index contributed by atoms with van der Waals surface area (Å²) in [5, 5.41) is 17.0. The van der Waals surface area contributed by atoms with E-state index in [-0.39, 0.29) is 66.8 Å². The predicted octanol–water partition coefficient (Wildman–Crippen LogP) is 3.66. The second-order valence-electron chi connectivity index (χ2n) is 16.3. The smallest absolute Gasteiger partial charge is 0.245 e. The molecule has 1 fully saturated rings. The Hall–Kier alpha value is -3.06. The van der Waals surface area contributed by atoms with Crippen LogP contribution in [0.25, 0.3) is 0 Å². The van der Waals surface area contributed by atoms with Crippen molar-refractivity contribution in [2.75, 3.05) is 41.9 Å². The molecule has 1 aliphatic rings. The molecule has 0 unspecified atom stereocenters. The number of hydrogen-bond acceptors (Lipinski definition) is 8. The number of benzene rings is 1. The summed E-state index contributed by atoms with van der Waals surface area (Å²) >= 11 is 0. The number of aryl methyl sites for hydroxylation is 1. The molecule has 302 valence electrons. The number of aliphatic hydroxyl groups excluding tert-OH is 1. The molecule has 0 aromatic heterocycles. The molecule has 0 aliphatic carbocycles. The zero-order valence-electron chi connectivity index (χ0n) is 35.0. The minimum Gasteiger partial charge on any atom is -0.391 e. The third kappa shape index (κ3) is 12.5. The minimum atomic E-state index is -0.778. The molecule has 0 radical (unpaired) electrons. The number of methoxy groups -OCH3 is 2. The van der Waals surface area contributed by atoms with Crippen LogP contribution in [-0.4, -0.2) is 134 Å². The third-order valence-corrected chi connectivity index (χ3v) is 11.0. The number of carbonyl (C=O) groups is 4. The van der Waals surface area contributed by atoms with E-state index in [1.54, 1.807) is 23.8 Å². The third-order valence-electron chi connectivity index (χ3n) is 11.0. The Bertz CT molecular complexity index is 1310. The van der Waals surface area contributed by atoms with E-state index in [9.17, 15) is 24.3 Å². The van der Waals surface area contributed by atoms with Crippen LogP contribution in [0.1, 0.15) is 85.8 Å². The Labute approximate surface area is 319 Å². The van der Waals surface area contributed by atoms with Gasteiger partial charge in [-0.05, 0) is 64.1 Å². The van der Waals surface area contributed by atoms with Crippen LogP contribution in [0.15, 0.2) is 24.3 Å². The highest BCUT2D eigenvalue weighted by atomic mass is 16.5. The predicted molar refractivity (Wildman–Crippen MR) is 209 cm³/mol. The quantitative estimate of drug-likeness (QED) is 0.184. The van der Waals surface area contributed by atoms with Gasteiger partial charge in [-0.1, -0.05) is 84.7 Å². The number of aliphatic hydroxyl groups is 1. The van der Waals surface area contributed by atoms with Crippen LogP contribution in [0.2, 0.25) is 0 Å². The Morgan fingerprint density at radius 1 is 0.906 bits per heavy atom. The molecule has 1 heterocycles. The fourth-order valence-electron chi connectivity index (χ4n) is 7.91. The van der Waals surface area contributed by atoms with Crippen molar-refractivity contribution in [3.05, 3.63) is 35.4 Å². The maximum absolute atomic E-state index is 14.2. The topological polar surface area (TPSA) is 141 Å². The van der Waals surface area contributed by atoms with Crippen molar-refractivity contribution in [3.63, 3.8) is 0 Å². The van der Waals surface area contributed by atoms with Crippen molar-refractivity contribution in [1.29, 1.82) is 0 Å². The fraction of sp³-hybridized carbons (Fsp3) is 0.756. The number of rotatable bonds is 20. The van der Waals surface area contributed by atoms with E-state index in [2.05, 4.69) is 34.9 Å². The van der Waals surface area contributed by atoms with E-state index in [0.717, 1.165) is 12.0 Å². The molecular weight excluding hydrogens is 674 g/mol. The van der Waals surface area contributed by atoms with Gasteiger partial charge < -0.3 is 35.0 Å². The van der Waals surface area contributed by atoms with Gasteiger partial charge in [-0.15, -0.1) is 0 Å². The lowest BCUT2D eigenvalue weighted by Crippen LogP contribution is -2.59. The normalized spacial score (nSPS) is 20.8. The van der Waals surface area contributed by atoms with Crippen LogP contribution in [0, 0.1) is 30.6 Å². The molecule has 1 aliphatic heterocycles. The van der Waals surface area contributed by atoms with Crippen LogP contribution < -0.4 is 10.6 Å².